The van der Waals surface area contributed by atoms with Crippen LogP contribution >= 0.6 is 0 Å². The third-order valence-corrected chi connectivity index (χ3v) is 2.85. The minimum atomic E-state index is -0.987. The monoisotopic (exact) mass is 281 g/mol. The van der Waals surface area contributed by atoms with E-state index in [4.69, 9.17) is 15.3 Å². The molecule has 0 saturated heterocycles. The molecule has 0 heterocycles. The quantitative estimate of drug-likeness (QED) is 0.625. The van der Waals surface area contributed by atoms with Crippen LogP contribution in [0, 0.1) is 0 Å². The number of aliphatic hydroxyl groups excluding tert-OH is 1. The van der Waals surface area contributed by atoms with Gasteiger partial charge in [-0.25, -0.2) is 4.79 Å². The smallest absolute Gasteiger partial charge is 0.335 e. The number of carbonyl (C=O) groups is 2. The van der Waals surface area contributed by atoms with Gasteiger partial charge in [-0.3, -0.25) is 9.69 Å². The minimum Gasteiger partial charge on any atom is -0.481 e. The molecule has 1 aromatic carbocycles. The summed E-state index contributed by atoms with van der Waals surface area (Å²) in [4.78, 5) is 23.4. The number of benzene rings is 1. The van der Waals surface area contributed by atoms with Gasteiger partial charge < -0.3 is 15.3 Å². The largest absolute Gasteiger partial charge is 0.481 e. The molecule has 0 atom stereocenters. The molecular weight excluding hydrogens is 262 g/mol. The van der Waals surface area contributed by atoms with E-state index < -0.39 is 11.9 Å². The first kappa shape index (κ1) is 16.1. The maximum Gasteiger partial charge on any atom is 0.335 e. The maximum absolute atomic E-state index is 10.9. The lowest BCUT2D eigenvalue weighted by Crippen LogP contribution is -2.27. The number of aliphatic hydroxyl groups is 1. The van der Waals surface area contributed by atoms with E-state index in [1.807, 2.05) is 4.90 Å². The van der Waals surface area contributed by atoms with E-state index in [1.165, 1.54) is 6.07 Å². The zero-order valence-electron chi connectivity index (χ0n) is 11.2. The molecule has 0 aromatic heterocycles. The SMILES string of the molecule is O=C(O)CCN(CCCO)Cc1cccc(C(=O)O)c1. The Bertz CT molecular complexity index is 461. The van der Waals surface area contributed by atoms with Gasteiger partial charge in [-0.15, -0.1) is 0 Å². The highest BCUT2D eigenvalue weighted by Crippen LogP contribution is 2.09. The lowest BCUT2D eigenvalue weighted by molar-refractivity contribution is -0.137. The van der Waals surface area contributed by atoms with Crippen molar-refractivity contribution in [3.63, 3.8) is 0 Å². The first-order valence-corrected chi connectivity index (χ1v) is 6.40. The van der Waals surface area contributed by atoms with Crippen molar-refractivity contribution in [2.45, 2.75) is 19.4 Å². The van der Waals surface area contributed by atoms with Crippen molar-refractivity contribution >= 4 is 11.9 Å². The Morgan fingerprint density at radius 1 is 1.15 bits per heavy atom. The van der Waals surface area contributed by atoms with Crippen molar-refractivity contribution < 1.29 is 24.9 Å². The third-order valence-electron chi connectivity index (χ3n) is 2.85. The van der Waals surface area contributed by atoms with E-state index in [-0.39, 0.29) is 18.6 Å². The van der Waals surface area contributed by atoms with E-state index >= 15 is 0 Å². The molecule has 0 amide bonds. The fraction of sp³-hybridized carbons (Fsp3) is 0.429. The van der Waals surface area contributed by atoms with E-state index in [0.717, 1.165) is 5.56 Å². The third kappa shape index (κ3) is 5.81. The highest BCUT2D eigenvalue weighted by atomic mass is 16.4. The van der Waals surface area contributed by atoms with Gasteiger partial charge in [0.1, 0.15) is 0 Å². The summed E-state index contributed by atoms with van der Waals surface area (Å²) in [6, 6.07) is 6.57. The van der Waals surface area contributed by atoms with Crippen molar-refractivity contribution in [1.29, 1.82) is 0 Å². The second-order valence-corrected chi connectivity index (χ2v) is 4.50. The van der Waals surface area contributed by atoms with E-state index in [0.29, 0.717) is 26.1 Å². The number of carboxylic acids is 2. The van der Waals surface area contributed by atoms with Crippen LogP contribution in [0.5, 0.6) is 0 Å². The zero-order chi connectivity index (χ0) is 15.0. The summed E-state index contributed by atoms with van der Waals surface area (Å²) >= 11 is 0. The van der Waals surface area contributed by atoms with E-state index in [2.05, 4.69) is 0 Å². The van der Waals surface area contributed by atoms with Gasteiger partial charge in [-0.05, 0) is 24.1 Å². The standard InChI is InChI=1S/C14H19NO5/c16-8-2-6-15(7-5-13(17)18)10-11-3-1-4-12(9-11)14(19)20/h1,3-4,9,16H,2,5-8,10H2,(H,17,18)(H,19,20). The van der Waals surface area contributed by atoms with Crippen molar-refractivity contribution in [2.75, 3.05) is 19.7 Å². The Labute approximate surface area is 117 Å². The molecule has 1 aromatic rings. The zero-order valence-corrected chi connectivity index (χ0v) is 11.2. The minimum absolute atomic E-state index is 0.0179. The van der Waals surface area contributed by atoms with Gasteiger partial charge in [0.25, 0.3) is 0 Å². The van der Waals surface area contributed by atoms with Gasteiger partial charge in [0, 0.05) is 26.2 Å². The summed E-state index contributed by atoms with van der Waals surface area (Å²) < 4.78 is 0. The van der Waals surface area contributed by atoms with Gasteiger partial charge in [0.05, 0.1) is 12.0 Å². The lowest BCUT2D eigenvalue weighted by Gasteiger charge is -2.21. The van der Waals surface area contributed by atoms with Crippen LogP contribution in [0.15, 0.2) is 24.3 Å². The summed E-state index contributed by atoms with van der Waals surface area (Å²) in [6.45, 7) is 1.45. The Morgan fingerprint density at radius 2 is 1.90 bits per heavy atom. The van der Waals surface area contributed by atoms with Gasteiger partial charge in [0.2, 0.25) is 0 Å². The van der Waals surface area contributed by atoms with Crippen molar-refractivity contribution in [3.8, 4) is 0 Å². The normalized spacial score (nSPS) is 10.7. The number of nitrogens with zero attached hydrogens (tertiary/aromatic N) is 1. The number of rotatable bonds is 9. The fourth-order valence-corrected chi connectivity index (χ4v) is 1.88. The summed E-state index contributed by atoms with van der Waals surface area (Å²) in [5.41, 5.74) is 1.02. The number of hydrogen-bond donors (Lipinski definition) is 3. The first-order chi connectivity index (χ1) is 9.52. The molecule has 6 heteroatoms. The molecule has 110 valence electrons. The summed E-state index contributed by atoms with van der Waals surface area (Å²) in [5, 5.41) is 26.5. The van der Waals surface area contributed by atoms with E-state index in [1.54, 1.807) is 18.2 Å². The van der Waals surface area contributed by atoms with Crippen molar-refractivity contribution in [1.82, 2.24) is 4.90 Å². The van der Waals surface area contributed by atoms with Crippen molar-refractivity contribution in [2.24, 2.45) is 0 Å². The number of aromatic carboxylic acids is 1. The van der Waals surface area contributed by atoms with Crippen LogP contribution in [-0.2, 0) is 11.3 Å². The number of aliphatic carboxylic acids is 1. The van der Waals surface area contributed by atoms with Gasteiger partial charge in [-0.1, -0.05) is 12.1 Å². The molecular formula is C14H19NO5. The molecule has 20 heavy (non-hydrogen) atoms. The van der Waals surface area contributed by atoms with E-state index in [9.17, 15) is 9.59 Å². The molecule has 0 bridgehead atoms. The summed E-state index contributed by atoms with van der Waals surface area (Å²) in [6.07, 6.45) is 0.572. The van der Waals surface area contributed by atoms with Crippen LogP contribution in [0.4, 0.5) is 0 Å². The van der Waals surface area contributed by atoms with Crippen LogP contribution in [-0.4, -0.2) is 51.9 Å². The predicted octanol–water partition coefficient (Wildman–Crippen LogP) is 1.04. The topological polar surface area (TPSA) is 98.1 Å². The summed E-state index contributed by atoms with van der Waals surface area (Å²) in [7, 11) is 0. The highest BCUT2D eigenvalue weighted by Gasteiger charge is 2.10. The van der Waals surface area contributed by atoms with Crippen LogP contribution in [0.1, 0.15) is 28.8 Å². The second-order valence-electron chi connectivity index (χ2n) is 4.50. The average molecular weight is 281 g/mol. The van der Waals surface area contributed by atoms with Gasteiger partial charge in [0.15, 0.2) is 0 Å². The van der Waals surface area contributed by atoms with Crippen molar-refractivity contribution in [3.05, 3.63) is 35.4 Å². The molecule has 0 unspecified atom stereocenters. The molecule has 0 aliphatic carbocycles. The Kier molecular flexibility index (Phi) is 6.69. The average Bonchev–Trinajstić information content (AvgIpc) is 2.42. The molecule has 0 spiro atoms. The highest BCUT2D eigenvalue weighted by molar-refractivity contribution is 5.87. The fourth-order valence-electron chi connectivity index (χ4n) is 1.88. The second kappa shape index (κ2) is 8.29. The van der Waals surface area contributed by atoms with Gasteiger partial charge in [-0.2, -0.15) is 0 Å². The Morgan fingerprint density at radius 3 is 2.50 bits per heavy atom. The molecule has 0 fully saturated rings. The molecule has 0 radical (unpaired) electrons. The maximum atomic E-state index is 10.9. The molecule has 0 aliphatic heterocycles. The summed E-state index contributed by atoms with van der Waals surface area (Å²) in [5.74, 6) is -1.86. The van der Waals surface area contributed by atoms with Crippen LogP contribution < -0.4 is 0 Å². The lowest BCUT2D eigenvalue weighted by atomic mass is 10.1. The molecule has 0 saturated carbocycles. The molecule has 6 nitrogen and oxygen atoms in total. The number of carboxylic acid groups (broad SMARTS) is 2. The predicted molar refractivity (Wildman–Crippen MR) is 72.6 cm³/mol. The van der Waals surface area contributed by atoms with Crippen LogP contribution in [0.2, 0.25) is 0 Å². The molecule has 1 rings (SSSR count). The molecule has 0 aliphatic rings. The van der Waals surface area contributed by atoms with Gasteiger partial charge >= 0.3 is 11.9 Å². The Balaban J connectivity index is 2.69. The first-order valence-electron chi connectivity index (χ1n) is 6.40. The van der Waals surface area contributed by atoms with Crippen LogP contribution in [0.3, 0.4) is 0 Å². The molecule has 3 N–H and O–H groups in total. The number of hydrogen-bond acceptors (Lipinski definition) is 4. The Hall–Kier alpha value is -1.92. The van der Waals surface area contributed by atoms with Crippen LogP contribution in [0.25, 0.3) is 0 Å².